The lowest BCUT2D eigenvalue weighted by molar-refractivity contribution is 0.0951. The minimum absolute atomic E-state index is 0.0780. The van der Waals surface area contributed by atoms with Crippen molar-refractivity contribution in [1.82, 2.24) is 5.43 Å². The highest BCUT2D eigenvalue weighted by molar-refractivity contribution is 9.10. The van der Waals surface area contributed by atoms with Gasteiger partial charge in [-0.05, 0) is 51.8 Å². The van der Waals surface area contributed by atoms with E-state index in [4.69, 9.17) is 21.2 Å². The predicted molar refractivity (Wildman–Crippen MR) is 101 cm³/mol. The van der Waals surface area contributed by atoms with E-state index < -0.39 is 11.7 Å². The third-order valence-electron chi connectivity index (χ3n) is 3.27. The van der Waals surface area contributed by atoms with Gasteiger partial charge in [0.2, 0.25) is 0 Å². The van der Waals surface area contributed by atoms with Crippen LogP contribution in [0.15, 0.2) is 39.9 Å². The summed E-state index contributed by atoms with van der Waals surface area (Å²) in [5, 5.41) is 12.5. The number of hydrogen-bond acceptors (Lipinski definition) is 5. The number of carbonyl (C=O) groups excluding carboxylic acids is 1. The highest BCUT2D eigenvalue weighted by Crippen LogP contribution is 2.36. The van der Waals surface area contributed by atoms with Gasteiger partial charge in [-0.3, -0.25) is 4.79 Å². The average Bonchev–Trinajstić information content (AvgIpc) is 2.66. The van der Waals surface area contributed by atoms with Crippen molar-refractivity contribution in [2.45, 2.75) is 0 Å². The number of nitrogens with one attached hydrogen (secondary N) is 1. The number of ether oxygens (including phenoxy) is 2. The number of methoxy groups -OCH3 is 1. The second-order valence-corrected chi connectivity index (χ2v) is 5.89. The molecule has 8 heteroatoms. The van der Waals surface area contributed by atoms with Gasteiger partial charge in [0.25, 0.3) is 5.91 Å². The van der Waals surface area contributed by atoms with Crippen molar-refractivity contribution in [3.63, 3.8) is 0 Å². The maximum Gasteiger partial charge on any atom is 0.274 e. The fourth-order valence-corrected chi connectivity index (χ4v) is 2.64. The lowest BCUT2D eigenvalue weighted by Crippen LogP contribution is -2.19. The molecule has 136 valence electrons. The maximum atomic E-state index is 13.8. The lowest BCUT2D eigenvalue weighted by atomic mass is 10.1. The van der Waals surface area contributed by atoms with Crippen LogP contribution in [-0.4, -0.2) is 25.8 Å². The average molecular weight is 430 g/mol. The van der Waals surface area contributed by atoms with Gasteiger partial charge in [-0.15, -0.1) is 6.42 Å². The Morgan fingerprint density at radius 3 is 2.85 bits per heavy atom. The van der Waals surface area contributed by atoms with Crippen LogP contribution in [0.5, 0.6) is 11.5 Å². The number of halogens is 2. The summed E-state index contributed by atoms with van der Waals surface area (Å²) in [7, 11) is 1.47. The van der Waals surface area contributed by atoms with Gasteiger partial charge in [-0.2, -0.15) is 10.4 Å². The lowest BCUT2D eigenvalue weighted by Gasteiger charge is -2.11. The zero-order valence-corrected chi connectivity index (χ0v) is 15.7. The molecule has 1 amide bonds. The van der Waals surface area contributed by atoms with Gasteiger partial charge in [0, 0.05) is 0 Å². The van der Waals surface area contributed by atoms with Gasteiger partial charge >= 0.3 is 0 Å². The molecule has 2 aromatic rings. The topological polar surface area (TPSA) is 83.7 Å². The molecule has 0 aromatic heterocycles. The van der Waals surface area contributed by atoms with Crippen LogP contribution in [0.4, 0.5) is 4.39 Å². The van der Waals surface area contributed by atoms with Gasteiger partial charge < -0.3 is 9.47 Å². The number of hydrogen-bond donors (Lipinski definition) is 1. The summed E-state index contributed by atoms with van der Waals surface area (Å²) in [6, 6.07) is 8.66. The quantitative estimate of drug-likeness (QED) is 0.433. The van der Waals surface area contributed by atoms with Crippen LogP contribution < -0.4 is 14.9 Å². The molecular formula is C19H13BrFN3O3. The summed E-state index contributed by atoms with van der Waals surface area (Å²) >= 11 is 3.35. The fraction of sp³-hybridized carbons (Fsp3) is 0.105. The molecular weight excluding hydrogens is 417 g/mol. The molecule has 0 saturated carbocycles. The first-order valence-corrected chi connectivity index (χ1v) is 8.26. The molecule has 0 heterocycles. The summed E-state index contributed by atoms with van der Waals surface area (Å²) in [6.45, 7) is 0.0780. The van der Waals surface area contributed by atoms with Crippen LogP contribution in [0.3, 0.4) is 0 Å². The standard InChI is InChI=1S/C19H13BrFN3O3/c1-3-6-27-18-15(20)7-13(9-17(18)26-2)11-23-24-19(25)14-5-4-12(10-22)8-16(14)21/h1,4-5,7-9,11H,6H2,2H3,(H,24,25)/b23-11+. The molecule has 2 rings (SSSR count). The van der Waals surface area contributed by atoms with E-state index >= 15 is 0 Å². The zero-order chi connectivity index (χ0) is 19.8. The van der Waals surface area contributed by atoms with Gasteiger partial charge in [-0.25, -0.2) is 9.82 Å². The molecule has 0 aliphatic rings. The Bertz CT molecular complexity index is 977. The SMILES string of the molecule is C#CCOc1c(Br)cc(/C=N/NC(=O)c2ccc(C#N)cc2F)cc1OC. The minimum atomic E-state index is -0.804. The van der Waals surface area contributed by atoms with E-state index in [0.717, 1.165) is 6.07 Å². The van der Waals surface area contributed by atoms with E-state index in [1.807, 2.05) is 0 Å². The Morgan fingerprint density at radius 1 is 1.44 bits per heavy atom. The number of rotatable bonds is 6. The first kappa shape index (κ1) is 20.0. The molecule has 2 aromatic carbocycles. The van der Waals surface area contributed by atoms with Crippen molar-refractivity contribution in [3.8, 4) is 29.9 Å². The molecule has 0 unspecified atom stereocenters. The van der Waals surface area contributed by atoms with Gasteiger partial charge in [0.05, 0.1) is 35.0 Å². The Labute approximate surface area is 163 Å². The molecule has 27 heavy (non-hydrogen) atoms. The number of amides is 1. The number of nitrogens with zero attached hydrogens (tertiary/aromatic N) is 2. The molecule has 0 fully saturated rings. The van der Waals surface area contributed by atoms with Crippen molar-refractivity contribution in [3.05, 3.63) is 57.3 Å². The largest absolute Gasteiger partial charge is 0.493 e. The molecule has 0 radical (unpaired) electrons. The predicted octanol–water partition coefficient (Wildman–Crippen LogP) is 3.24. The van der Waals surface area contributed by atoms with Gasteiger partial charge in [-0.1, -0.05) is 5.92 Å². The van der Waals surface area contributed by atoms with E-state index in [9.17, 15) is 9.18 Å². The maximum absolute atomic E-state index is 13.8. The number of carbonyl (C=O) groups is 1. The van der Waals surface area contributed by atoms with Crippen LogP contribution in [-0.2, 0) is 0 Å². The van der Waals surface area contributed by atoms with E-state index in [1.54, 1.807) is 18.2 Å². The molecule has 0 bridgehead atoms. The number of terminal acetylenes is 1. The molecule has 1 N–H and O–H groups in total. The Morgan fingerprint density at radius 2 is 2.22 bits per heavy atom. The number of hydrazone groups is 1. The van der Waals surface area contributed by atoms with Crippen LogP contribution in [0, 0.1) is 29.5 Å². The summed E-state index contributed by atoms with van der Waals surface area (Å²) in [5.41, 5.74) is 2.72. The normalized spacial score (nSPS) is 10.1. The third-order valence-corrected chi connectivity index (χ3v) is 3.86. The first-order valence-electron chi connectivity index (χ1n) is 7.47. The molecule has 0 aliphatic heterocycles. The minimum Gasteiger partial charge on any atom is -0.493 e. The van der Waals surface area contributed by atoms with Crippen molar-refractivity contribution in [2.24, 2.45) is 5.10 Å². The Kier molecular flexibility index (Phi) is 6.93. The highest BCUT2D eigenvalue weighted by atomic mass is 79.9. The summed E-state index contributed by atoms with van der Waals surface area (Å²) < 4.78 is 25.1. The highest BCUT2D eigenvalue weighted by Gasteiger charge is 2.13. The smallest absolute Gasteiger partial charge is 0.274 e. The van der Waals surface area contributed by atoms with Crippen LogP contribution in [0.1, 0.15) is 21.5 Å². The van der Waals surface area contributed by atoms with Gasteiger partial charge in [0.1, 0.15) is 12.4 Å². The van der Waals surface area contributed by atoms with Crippen molar-refractivity contribution >= 4 is 28.1 Å². The van der Waals surface area contributed by atoms with Crippen LogP contribution >= 0.6 is 15.9 Å². The zero-order valence-electron chi connectivity index (χ0n) is 14.1. The van der Waals surface area contributed by atoms with E-state index in [1.165, 1.54) is 25.5 Å². The van der Waals surface area contributed by atoms with Crippen molar-refractivity contribution in [2.75, 3.05) is 13.7 Å². The van der Waals surface area contributed by atoms with E-state index in [-0.39, 0.29) is 17.7 Å². The molecule has 0 saturated heterocycles. The summed E-state index contributed by atoms with van der Waals surface area (Å²) in [6.07, 6.45) is 6.54. The van der Waals surface area contributed by atoms with Gasteiger partial charge in [0.15, 0.2) is 11.5 Å². The molecule has 0 spiro atoms. The van der Waals surface area contributed by atoms with Crippen molar-refractivity contribution in [1.29, 1.82) is 5.26 Å². The Balaban J connectivity index is 2.14. The van der Waals surface area contributed by atoms with Crippen molar-refractivity contribution < 1.29 is 18.7 Å². The molecule has 0 atom stereocenters. The second kappa shape index (κ2) is 9.37. The van der Waals surface area contributed by atoms with E-state index in [2.05, 4.69) is 32.4 Å². The third kappa shape index (κ3) is 5.06. The fourth-order valence-electron chi connectivity index (χ4n) is 2.06. The number of nitriles is 1. The monoisotopic (exact) mass is 429 g/mol. The number of benzene rings is 2. The summed E-state index contributed by atoms with van der Waals surface area (Å²) in [5.74, 6) is 1.68. The van der Waals surface area contributed by atoms with Crippen LogP contribution in [0.2, 0.25) is 0 Å². The molecule has 0 aliphatic carbocycles. The summed E-state index contributed by atoms with van der Waals surface area (Å²) in [4.78, 5) is 12.0. The second-order valence-electron chi connectivity index (χ2n) is 5.03. The Hall–Kier alpha value is -3.36. The van der Waals surface area contributed by atoms with E-state index in [0.29, 0.717) is 21.5 Å². The molecule has 6 nitrogen and oxygen atoms in total. The van der Waals surface area contributed by atoms with Crippen LogP contribution in [0.25, 0.3) is 0 Å². The first-order chi connectivity index (χ1) is 13.0.